The zero-order valence-corrected chi connectivity index (χ0v) is 25.0. The molecular formula is C30H31Cl2N5O3S. The molecule has 1 heterocycles. The van der Waals surface area contributed by atoms with Crippen molar-refractivity contribution in [2.75, 3.05) is 18.2 Å². The standard InChI is InChI=1S/C30H31Cl2N5O3S/c1-3-15-40-30(39)34-23-12-9-20(10-13-23)26-27(32)37-28(36-26)24(16-19-7-5-4-6-8-19)35-29(38)33-18-21-17-22(31)11-14-25(21)41-2/h4-14,17,24H,3,15-16,18H2,1-2H3,(H,34,39)(H,36,37)(H2,33,35,38)/t24-/m0/s1. The summed E-state index contributed by atoms with van der Waals surface area (Å²) < 4.78 is 5.06. The van der Waals surface area contributed by atoms with E-state index in [1.165, 1.54) is 0 Å². The van der Waals surface area contributed by atoms with Gasteiger partial charge in [-0.1, -0.05) is 72.6 Å². The number of urea groups is 1. The summed E-state index contributed by atoms with van der Waals surface area (Å²) in [4.78, 5) is 33.8. The summed E-state index contributed by atoms with van der Waals surface area (Å²) >= 11 is 14.3. The smallest absolute Gasteiger partial charge is 0.411 e. The summed E-state index contributed by atoms with van der Waals surface area (Å²) in [5, 5.41) is 9.61. The number of benzene rings is 3. The highest BCUT2D eigenvalue weighted by Gasteiger charge is 2.22. The number of nitrogens with zero attached hydrogens (tertiary/aromatic N) is 1. The zero-order valence-electron chi connectivity index (χ0n) is 22.7. The van der Waals surface area contributed by atoms with E-state index in [1.807, 2.05) is 73.8 Å². The molecule has 0 fully saturated rings. The van der Waals surface area contributed by atoms with E-state index in [0.717, 1.165) is 28.0 Å². The molecule has 4 rings (SSSR count). The summed E-state index contributed by atoms with van der Waals surface area (Å²) in [5.41, 5.74) is 3.83. The number of H-pyrrole nitrogens is 1. The molecule has 0 spiro atoms. The van der Waals surface area contributed by atoms with Crippen molar-refractivity contribution < 1.29 is 14.3 Å². The van der Waals surface area contributed by atoms with Crippen LogP contribution in [0.2, 0.25) is 10.2 Å². The third-order valence-electron chi connectivity index (χ3n) is 6.12. The third-order valence-corrected chi connectivity index (χ3v) is 7.47. The van der Waals surface area contributed by atoms with E-state index >= 15 is 0 Å². The summed E-state index contributed by atoms with van der Waals surface area (Å²) in [5.74, 6) is 0.516. The van der Waals surface area contributed by atoms with Crippen LogP contribution in [0.3, 0.4) is 0 Å². The van der Waals surface area contributed by atoms with Crippen molar-refractivity contribution in [1.29, 1.82) is 0 Å². The van der Waals surface area contributed by atoms with Crippen LogP contribution in [0.1, 0.15) is 36.3 Å². The minimum Gasteiger partial charge on any atom is -0.449 e. The van der Waals surface area contributed by atoms with Crippen LogP contribution >= 0.6 is 35.0 Å². The van der Waals surface area contributed by atoms with E-state index in [-0.39, 0.29) is 6.03 Å². The average Bonchev–Trinajstić information content (AvgIpc) is 3.37. The first-order chi connectivity index (χ1) is 19.9. The normalized spacial score (nSPS) is 11.5. The van der Waals surface area contributed by atoms with Gasteiger partial charge < -0.3 is 20.4 Å². The summed E-state index contributed by atoms with van der Waals surface area (Å²) in [7, 11) is 0. The topological polar surface area (TPSA) is 108 Å². The number of hydrogen-bond acceptors (Lipinski definition) is 5. The van der Waals surface area contributed by atoms with Gasteiger partial charge in [-0.2, -0.15) is 0 Å². The van der Waals surface area contributed by atoms with E-state index in [2.05, 4.69) is 20.9 Å². The Balaban J connectivity index is 1.50. The predicted molar refractivity (Wildman–Crippen MR) is 166 cm³/mol. The van der Waals surface area contributed by atoms with Crippen molar-refractivity contribution in [3.05, 3.63) is 99.9 Å². The number of rotatable bonds is 11. The Hall–Kier alpha value is -3.66. The predicted octanol–water partition coefficient (Wildman–Crippen LogP) is 7.85. The Labute approximate surface area is 253 Å². The van der Waals surface area contributed by atoms with Crippen molar-refractivity contribution in [1.82, 2.24) is 20.6 Å². The van der Waals surface area contributed by atoms with E-state index in [4.69, 9.17) is 32.9 Å². The fourth-order valence-corrected chi connectivity index (χ4v) is 5.16. The van der Waals surface area contributed by atoms with Gasteiger partial charge >= 0.3 is 12.1 Å². The first kappa shape index (κ1) is 30.3. The van der Waals surface area contributed by atoms with E-state index in [9.17, 15) is 9.59 Å². The number of imidazole rings is 1. The molecule has 1 aromatic heterocycles. The molecule has 0 aliphatic rings. The molecule has 1 atom stereocenters. The third kappa shape index (κ3) is 8.66. The van der Waals surface area contributed by atoms with E-state index in [0.29, 0.717) is 47.0 Å². The van der Waals surface area contributed by atoms with Crippen LogP contribution in [-0.2, 0) is 17.7 Å². The lowest BCUT2D eigenvalue weighted by atomic mass is 10.1. The fraction of sp³-hybridized carbons (Fsp3) is 0.233. The molecule has 4 N–H and O–H groups in total. The fourth-order valence-electron chi connectivity index (χ4n) is 4.12. The average molecular weight is 613 g/mol. The highest BCUT2D eigenvalue weighted by molar-refractivity contribution is 7.98. The molecule has 0 bridgehead atoms. The van der Waals surface area contributed by atoms with Crippen LogP contribution in [0.25, 0.3) is 11.3 Å². The molecule has 4 aromatic rings. The molecule has 0 aliphatic carbocycles. The second-order valence-corrected chi connectivity index (χ2v) is 10.8. The Bertz CT molecular complexity index is 1460. The van der Waals surface area contributed by atoms with Crippen LogP contribution in [0, 0.1) is 0 Å². The number of ether oxygens (including phenoxy) is 1. The molecule has 0 saturated heterocycles. The molecule has 0 aliphatic heterocycles. The van der Waals surface area contributed by atoms with Crippen LogP contribution in [-0.4, -0.2) is 35.0 Å². The van der Waals surface area contributed by atoms with Crippen molar-refractivity contribution in [2.45, 2.75) is 37.2 Å². The summed E-state index contributed by atoms with van der Waals surface area (Å²) in [6, 6.07) is 21.7. The van der Waals surface area contributed by atoms with Crippen molar-refractivity contribution in [3.8, 4) is 11.3 Å². The van der Waals surface area contributed by atoms with Gasteiger partial charge in [0.25, 0.3) is 0 Å². The Kier molecular flexibility index (Phi) is 11.0. The van der Waals surface area contributed by atoms with Crippen LogP contribution in [0.15, 0.2) is 77.7 Å². The van der Waals surface area contributed by atoms with Gasteiger partial charge in [0, 0.05) is 27.7 Å². The number of aromatic amines is 1. The minimum atomic E-state index is -0.507. The number of aromatic nitrogens is 2. The first-order valence-electron chi connectivity index (χ1n) is 13.1. The maximum Gasteiger partial charge on any atom is 0.411 e. The van der Waals surface area contributed by atoms with Crippen LogP contribution < -0.4 is 16.0 Å². The van der Waals surface area contributed by atoms with Crippen LogP contribution in [0.5, 0.6) is 0 Å². The number of hydrogen-bond donors (Lipinski definition) is 4. The highest BCUT2D eigenvalue weighted by atomic mass is 35.5. The van der Waals surface area contributed by atoms with E-state index < -0.39 is 12.1 Å². The number of carbonyl (C=O) groups excluding carboxylic acids is 2. The van der Waals surface area contributed by atoms with Gasteiger partial charge in [0.05, 0.1) is 12.6 Å². The van der Waals surface area contributed by atoms with Crippen molar-refractivity contribution in [3.63, 3.8) is 0 Å². The number of thioether (sulfide) groups is 1. The van der Waals surface area contributed by atoms with E-state index in [1.54, 1.807) is 23.9 Å². The van der Waals surface area contributed by atoms with Gasteiger partial charge in [0.15, 0.2) is 0 Å². The van der Waals surface area contributed by atoms with Crippen LogP contribution in [0.4, 0.5) is 15.3 Å². The molecule has 3 aromatic carbocycles. The van der Waals surface area contributed by atoms with Gasteiger partial charge in [0.2, 0.25) is 0 Å². The molecule has 214 valence electrons. The summed E-state index contributed by atoms with van der Waals surface area (Å²) in [6.07, 6.45) is 2.71. The first-order valence-corrected chi connectivity index (χ1v) is 15.0. The van der Waals surface area contributed by atoms with Gasteiger partial charge in [-0.05, 0) is 60.6 Å². The monoisotopic (exact) mass is 611 g/mol. The van der Waals surface area contributed by atoms with Gasteiger partial charge in [0.1, 0.15) is 16.7 Å². The number of carbonyl (C=O) groups is 2. The lowest BCUT2D eigenvalue weighted by molar-refractivity contribution is 0.161. The number of halogens is 2. The summed E-state index contributed by atoms with van der Waals surface area (Å²) in [6.45, 7) is 2.60. The van der Waals surface area contributed by atoms with Gasteiger partial charge in [-0.25, -0.2) is 14.6 Å². The second kappa shape index (κ2) is 14.8. The Morgan fingerprint density at radius 3 is 2.51 bits per heavy atom. The molecular weight excluding hydrogens is 581 g/mol. The highest BCUT2D eigenvalue weighted by Crippen LogP contribution is 2.30. The van der Waals surface area contributed by atoms with Crippen molar-refractivity contribution >= 4 is 52.8 Å². The number of nitrogens with one attached hydrogen (secondary N) is 4. The molecule has 3 amide bonds. The second-order valence-electron chi connectivity index (χ2n) is 9.15. The largest absolute Gasteiger partial charge is 0.449 e. The van der Waals surface area contributed by atoms with Crippen molar-refractivity contribution in [2.24, 2.45) is 0 Å². The lowest BCUT2D eigenvalue weighted by Gasteiger charge is -2.18. The van der Waals surface area contributed by atoms with Gasteiger partial charge in [-0.15, -0.1) is 11.8 Å². The number of amides is 3. The maximum atomic E-state index is 13.0. The SMILES string of the molecule is CCCOC(=O)Nc1ccc(-c2nc([C@H](Cc3ccccc3)NC(=O)NCc3cc(Cl)ccc3SC)[nH]c2Cl)cc1. The number of anilines is 1. The molecule has 41 heavy (non-hydrogen) atoms. The lowest BCUT2D eigenvalue weighted by Crippen LogP contribution is -2.38. The molecule has 0 unspecified atom stereocenters. The molecule has 0 saturated carbocycles. The molecule has 8 nitrogen and oxygen atoms in total. The zero-order chi connectivity index (χ0) is 29.2. The Morgan fingerprint density at radius 1 is 1.05 bits per heavy atom. The minimum absolute atomic E-state index is 0.317. The maximum absolute atomic E-state index is 13.0. The Morgan fingerprint density at radius 2 is 1.80 bits per heavy atom. The molecule has 0 radical (unpaired) electrons. The molecule has 11 heteroatoms. The quantitative estimate of drug-likeness (QED) is 0.129. The van der Waals surface area contributed by atoms with Gasteiger partial charge in [-0.3, -0.25) is 5.32 Å².